The molecule has 6 heteroatoms. The standard InChI is InChI=1S/C15H22N4O2/c1-4-19-14(12(20-2)10-17-19)13(18-16)15(21-3)11-8-6-5-7-9-11/h5-10,13,15,18H,4,16H2,1-3H3. The van der Waals surface area contributed by atoms with Gasteiger partial charge < -0.3 is 9.47 Å². The van der Waals surface area contributed by atoms with E-state index in [9.17, 15) is 0 Å². The predicted molar refractivity (Wildman–Crippen MR) is 80.7 cm³/mol. The Kier molecular flexibility index (Phi) is 5.32. The molecule has 0 radical (unpaired) electrons. The maximum absolute atomic E-state index is 5.80. The maximum atomic E-state index is 5.80. The molecule has 0 saturated heterocycles. The Labute approximate surface area is 124 Å². The second-order valence-electron chi connectivity index (χ2n) is 4.63. The van der Waals surface area contributed by atoms with E-state index in [4.69, 9.17) is 15.3 Å². The van der Waals surface area contributed by atoms with Crippen molar-refractivity contribution in [2.45, 2.75) is 25.6 Å². The molecule has 1 aromatic heterocycles. The minimum Gasteiger partial charge on any atom is -0.493 e. The van der Waals surface area contributed by atoms with E-state index in [1.54, 1.807) is 20.4 Å². The summed E-state index contributed by atoms with van der Waals surface area (Å²) < 4.78 is 12.9. The summed E-state index contributed by atoms with van der Waals surface area (Å²) >= 11 is 0. The number of nitrogens with zero attached hydrogens (tertiary/aromatic N) is 2. The molecule has 2 atom stereocenters. The van der Waals surface area contributed by atoms with E-state index in [0.717, 1.165) is 17.8 Å². The van der Waals surface area contributed by atoms with Crippen LogP contribution in [0, 0.1) is 0 Å². The molecule has 0 bridgehead atoms. The van der Waals surface area contributed by atoms with Gasteiger partial charge in [0.25, 0.3) is 0 Å². The van der Waals surface area contributed by atoms with Crippen molar-refractivity contribution in [3.05, 3.63) is 47.8 Å². The van der Waals surface area contributed by atoms with Gasteiger partial charge in [-0.2, -0.15) is 5.10 Å². The zero-order valence-corrected chi connectivity index (χ0v) is 12.6. The van der Waals surface area contributed by atoms with E-state index in [2.05, 4.69) is 10.5 Å². The van der Waals surface area contributed by atoms with E-state index in [0.29, 0.717) is 5.75 Å². The third-order valence-electron chi connectivity index (χ3n) is 3.52. The lowest BCUT2D eigenvalue weighted by molar-refractivity contribution is 0.0638. The smallest absolute Gasteiger partial charge is 0.161 e. The molecule has 0 amide bonds. The second-order valence-corrected chi connectivity index (χ2v) is 4.63. The minimum atomic E-state index is -0.269. The topological polar surface area (TPSA) is 74.3 Å². The lowest BCUT2D eigenvalue weighted by Gasteiger charge is -2.27. The molecule has 0 spiro atoms. The van der Waals surface area contributed by atoms with Gasteiger partial charge in [0.1, 0.15) is 11.8 Å². The van der Waals surface area contributed by atoms with Crippen LogP contribution in [0.3, 0.4) is 0 Å². The second kappa shape index (κ2) is 7.21. The van der Waals surface area contributed by atoms with Gasteiger partial charge in [0.15, 0.2) is 5.75 Å². The van der Waals surface area contributed by atoms with Gasteiger partial charge in [-0.1, -0.05) is 30.3 Å². The highest BCUT2D eigenvalue weighted by atomic mass is 16.5. The minimum absolute atomic E-state index is 0.243. The van der Waals surface area contributed by atoms with E-state index >= 15 is 0 Å². The monoisotopic (exact) mass is 290 g/mol. The highest BCUT2D eigenvalue weighted by Crippen LogP contribution is 2.35. The SMILES string of the molecule is CCn1ncc(OC)c1C(NN)C(OC)c1ccccc1. The summed E-state index contributed by atoms with van der Waals surface area (Å²) in [5, 5.41) is 4.33. The number of hydrogen-bond acceptors (Lipinski definition) is 5. The Balaban J connectivity index is 2.45. The van der Waals surface area contributed by atoms with Crippen molar-refractivity contribution >= 4 is 0 Å². The van der Waals surface area contributed by atoms with Gasteiger partial charge >= 0.3 is 0 Å². The molecular weight excluding hydrogens is 268 g/mol. The van der Waals surface area contributed by atoms with Crippen molar-refractivity contribution in [1.29, 1.82) is 0 Å². The third-order valence-corrected chi connectivity index (χ3v) is 3.52. The highest BCUT2D eigenvalue weighted by Gasteiger charge is 2.29. The number of hydrogen-bond donors (Lipinski definition) is 2. The van der Waals surface area contributed by atoms with Gasteiger partial charge in [0.05, 0.1) is 19.3 Å². The number of rotatable bonds is 7. The van der Waals surface area contributed by atoms with Crippen LogP contribution in [0.4, 0.5) is 0 Å². The van der Waals surface area contributed by atoms with Gasteiger partial charge in [-0.15, -0.1) is 0 Å². The van der Waals surface area contributed by atoms with Crippen LogP contribution in [0.1, 0.15) is 30.3 Å². The van der Waals surface area contributed by atoms with Crippen LogP contribution in [-0.4, -0.2) is 24.0 Å². The predicted octanol–water partition coefficient (Wildman–Crippen LogP) is 1.80. The average molecular weight is 290 g/mol. The molecule has 0 aliphatic carbocycles. The molecule has 0 aliphatic rings. The van der Waals surface area contributed by atoms with Gasteiger partial charge in [-0.05, 0) is 12.5 Å². The van der Waals surface area contributed by atoms with E-state index in [1.165, 1.54) is 0 Å². The lowest BCUT2D eigenvalue weighted by Crippen LogP contribution is -2.35. The van der Waals surface area contributed by atoms with Crippen LogP contribution in [0.5, 0.6) is 5.75 Å². The first kappa shape index (κ1) is 15.5. The first-order chi connectivity index (χ1) is 10.3. The Morgan fingerprint density at radius 3 is 2.52 bits per heavy atom. The van der Waals surface area contributed by atoms with Gasteiger partial charge in [0.2, 0.25) is 0 Å². The summed E-state index contributed by atoms with van der Waals surface area (Å²) in [7, 11) is 3.29. The highest BCUT2D eigenvalue weighted by molar-refractivity contribution is 5.32. The number of nitrogens with one attached hydrogen (secondary N) is 1. The molecule has 2 rings (SSSR count). The molecule has 0 saturated carbocycles. The Morgan fingerprint density at radius 1 is 1.29 bits per heavy atom. The molecule has 3 N–H and O–H groups in total. The largest absolute Gasteiger partial charge is 0.493 e. The van der Waals surface area contributed by atoms with Crippen LogP contribution >= 0.6 is 0 Å². The van der Waals surface area contributed by atoms with Crippen LogP contribution < -0.4 is 16.0 Å². The van der Waals surface area contributed by atoms with Crippen LogP contribution in [-0.2, 0) is 11.3 Å². The molecule has 1 aromatic carbocycles. The quantitative estimate of drug-likeness (QED) is 0.601. The van der Waals surface area contributed by atoms with Gasteiger partial charge in [0, 0.05) is 13.7 Å². The lowest BCUT2D eigenvalue weighted by atomic mass is 9.99. The van der Waals surface area contributed by atoms with Crippen LogP contribution in [0.25, 0.3) is 0 Å². The van der Waals surface area contributed by atoms with Crippen molar-refractivity contribution in [2.24, 2.45) is 5.84 Å². The zero-order valence-electron chi connectivity index (χ0n) is 12.6. The first-order valence-electron chi connectivity index (χ1n) is 6.90. The molecular formula is C15H22N4O2. The van der Waals surface area contributed by atoms with Gasteiger partial charge in [-0.3, -0.25) is 10.5 Å². The fraction of sp³-hybridized carbons (Fsp3) is 0.400. The van der Waals surface area contributed by atoms with Crippen molar-refractivity contribution < 1.29 is 9.47 Å². The molecule has 0 aliphatic heterocycles. The van der Waals surface area contributed by atoms with Crippen molar-refractivity contribution in [3.63, 3.8) is 0 Å². The fourth-order valence-electron chi connectivity index (χ4n) is 2.52. The van der Waals surface area contributed by atoms with E-state index in [-0.39, 0.29) is 12.1 Å². The summed E-state index contributed by atoms with van der Waals surface area (Å²) in [5.74, 6) is 6.49. The summed E-state index contributed by atoms with van der Waals surface area (Å²) in [4.78, 5) is 0. The third kappa shape index (κ3) is 3.07. The van der Waals surface area contributed by atoms with Crippen molar-refractivity contribution in [3.8, 4) is 5.75 Å². The molecule has 6 nitrogen and oxygen atoms in total. The Morgan fingerprint density at radius 2 is 2.00 bits per heavy atom. The van der Waals surface area contributed by atoms with Crippen LogP contribution in [0.15, 0.2) is 36.5 Å². The normalized spacial score (nSPS) is 13.9. The summed E-state index contributed by atoms with van der Waals surface area (Å²) in [6.45, 7) is 2.75. The molecule has 2 aromatic rings. The number of ether oxygens (including phenoxy) is 2. The average Bonchev–Trinajstić information content (AvgIpc) is 2.96. The number of benzene rings is 1. The van der Waals surface area contributed by atoms with E-state index in [1.807, 2.05) is 41.9 Å². The number of nitrogens with two attached hydrogens (primary N) is 1. The summed E-state index contributed by atoms with van der Waals surface area (Å²) in [6, 6.07) is 9.68. The number of aromatic nitrogens is 2. The summed E-state index contributed by atoms with van der Waals surface area (Å²) in [6.07, 6.45) is 1.45. The fourth-order valence-corrected chi connectivity index (χ4v) is 2.52. The van der Waals surface area contributed by atoms with Crippen molar-refractivity contribution in [2.75, 3.05) is 14.2 Å². The number of hydrazine groups is 1. The molecule has 114 valence electrons. The molecule has 21 heavy (non-hydrogen) atoms. The molecule has 2 unspecified atom stereocenters. The van der Waals surface area contributed by atoms with E-state index < -0.39 is 0 Å². The Hall–Kier alpha value is -1.89. The number of aryl methyl sites for hydroxylation is 1. The zero-order chi connectivity index (χ0) is 15.2. The maximum Gasteiger partial charge on any atom is 0.161 e. The van der Waals surface area contributed by atoms with Crippen molar-refractivity contribution in [1.82, 2.24) is 15.2 Å². The van der Waals surface area contributed by atoms with Gasteiger partial charge in [-0.25, -0.2) is 5.43 Å². The van der Waals surface area contributed by atoms with Crippen LogP contribution in [0.2, 0.25) is 0 Å². The molecule has 0 fully saturated rings. The molecule has 1 heterocycles. The Bertz CT molecular complexity index is 535. The number of methoxy groups -OCH3 is 2. The summed E-state index contributed by atoms with van der Waals surface area (Å²) in [5.41, 5.74) is 4.75. The first-order valence-corrected chi connectivity index (χ1v) is 6.90.